The van der Waals surface area contributed by atoms with E-state index in [2.05, 4.69) is 15.7 Å². The Balaban J connectivity index is 2.07. The van der Waals surface area contributed by atoms with E-state index in [1.165, 1.54) is 0 Å². The van der Waals surface area contributed by atoms with Crippen molar-refractivity contribution < 1.29 is 9.90 Å². The summed E-state index contributed by atoms with van der Waals surface area (Å²) in [6, 6.07) is 0.144. The van der Waals surface area contributed by atoms with Crippen molar-refractivity contribution in [2.24, 2.45) is 0 Å². The van der Waals surface area contributed by atoms with E-state index >= 15 is 0 Å². The summed E-state index contributed by atoms with van der Waals surface area (Å²) in [7, 11) is 0. The van der Waals surface area contributed by atoms with E-state index in [4.69, 9.17) is 5.11 Å². The minimum absolute atomic E-state index is 0.0902. The Labute approximate surface area is 123 Å². The molecule has 4 nitrogen and oxygen atoms in total. The summed E-state index contributed by atoms with van der Waals surface area (Å²) in [5.74, 6) is 1.78. The van der Waals surface area contributed by atoms with Crippen LogP contribution in [-0.4, -0.2) is 34.4 Å². The van der Waals surface area contributed by atoms with Gasteiger partial charge in [0, 0.05) is 36.0 Å². The van der Waals surface area contributed by atoms with E-state index in [1.807, 2.05) is 13.8 Å². The van der Waals surface area contributed by atoms with Crippen LogP contribution in [-0.2, 0) is 10.5 Å². The number of aliphatic hydroxyl groups is 1. The third-order valence-corrected chi connectivity index (χ3v) is 4.41. The number of hydrogen-bond acceptors (Lipinski definition) is 5. The number of nitrogens with zero attached hydrogens (tertiary/aromatic N) is 1. The lowest BCUT2D eigenvalue weighted by molar-refractivity contribution is -0.121. The maximum atomic E-state index is 11.6. The molecule has 0 aliphatic heterocycles. The molecule has 0 spiro atoms. The summed E-state index contributed by atoms with van der Waals surface area (Å²) in [6.45, 7) is 4.15. The van der Waals surface area contributed by atoms with Crippen LogP contribution < -0.4 is 5.32 Å². The predicted molar refractivity (Wildman–Crippen MR) is 81.6 cm³/mol. The fraction of sp³-hybridized carbons (Fsp3) is 0.692. The van der Waals surface area contributed by atoms with Gasteiger partial charge in [-0.1, -0.05) is 0 Å². The molecule has 108 valence electrons. The molecule has 0 radical (unpaired) electrons. The largest absolute Gasteiger partial charge is 0.396 e. The third kappa shape index (κ3) is 7.54. The van der Waals surface area contributed by atoms with Crippen LogP contribution in [0.5, 0.6) is 0 Å². The number of hydrogen-bond donors (Lipinski definition) is 2. The van der Waals surface area contributed by atoms with Crippen molar-refractivity contribution in [3.05, 3.63) is 16.1 Å². The van der Waals surface area contributed by atoms with Gasteiger partial charge in [0.05, 0.1) is 10.7 Å². The summed E-state index contributed by atoms with van der Waals surface area (Å²) in [6.07, 6.45) is 2.10. The van der Waals surface area contributed by atoms with Crippen LogP contribution in [0.3, 0.4) is 0 Å². The van der Waals surface area contributed by atoms with Crippen molar-refractivity contribution in [3.8, 4) is 0 Å². The normalized spacial score (nSPS) is 12.4. The Morgan fingerprint density at radius 3 is 3.05 bits per heavy atom. The van der Waals surface area contributed by atoms with E-state index in [0.29, 0.717) is 6.42 Å². The second kappa shape index (κ2) is 9.34. The molecule has 0 aliphatic carbocycles. The minimum atomic E-state index is 0.0902. The zero-order chi connectivity index (χ0) is 14.1. The Bertz CT molecular complexity index is 382. The SMILES string of the molecule is Cc1nc(CSCCC(=O)NC(C)CCCO)cs1. The van der Waals surface area contributed by atoms with Crippen LogP contribution in [0.25, 0.3) is 0 Å². The van der Waals surface area contributed by atoms with Gasteiger partial charge in [-0.05, 0) is 26.7 Å². The first-order valence-corrected chi connectivity index (χ1v) is 8.54. The number of aromatic nitrogens is 1. The van der Waals surface area contributed by atoms with Crippen LogP contribution in [0.4, 0.5) is 0 Å². The molecule has 1 rings (SSSR count). The second-order valence-corrected chi connectivity index (χ2v) is 6.66. The number of aryl methyl sites for hydroxylation is 1. The molecule has 0 fully saturated rings. The molecule has 1 atom stereocenters. The predicted octanol–water partition coefficient (Wildman–Crippen LogP) is 2.35. The van der Waals surface area contributed by atoms with Crippen LogP contribution >= 0.6 is 23.1 Å². The molecule has 0 saturated heterocycles. The summed E-state index contributed by atoms with van der Waals surface area (Å²) in [5.41, 5.74) is 1.10. The molecule has 1 aromatic heterocycles. The van der Waals surface area contributed by atoms with Gasteiger partial charge in [0.1, 0.15) is 0 Å². The van der Waals surface area contributed by atoms with Gasteiger partial charge >= 0.3 is 0 Å². The smallest absolute Gasteiger partial charge is 0.221 e. The standard InChI is InChI=1S/C13H22N2O2S2/c1-10(4-3-6-16)14-13(17)5-7-18-8-12-9-19-11(2)15-12/h9-10,16H,3-8H2,1-2H3,(H,14,17). The first kappa shape index (κ1) is 16.5. The number of aliphatic hydroxyl groups excluding tert-OH is 1. The lowest BCUT2D eigenvalue weighted by atomic mass is 10.2. The van der Waals surface area contributed by atoms with E-state index in [9.17, 15) is 4.79 Å². The molecule has 1 heterocycles. The van der Waals surface area contributed by atoms with Crippen molar-refractivity contribution in [1.29, 1.82) is 0 Å². The number of thiazole rings is 1. The molecular weight excluding hydrogens is 280 g/mol. The maximum absolute atomic E-state index is 11.6. The highest BCUT2D eigenvalue weighted by atomic mass is 32.2. The number of carbonyl (C=O) groups excluding carboxylic acids is 1. The molecular formula is C13H22N2O2S2. The van der Waals surface area contributed by atoms with Gasteiger partial charge in [-0.15, -0.1) is 11.3 Å². The highest BCUT2D eigenvalue weighted by Gasteiger charge is 2.07. The molecule has 0 aromatic carbocycles. The third-order valence-electron chi connectivity index (χ3n) is 2.59. The molecule has 1 aromatic rings. The Hall–Kier alpha value is -0.590. The van der Waals surface area contributed by atoms with Gasteiger partial charge in [-0.25, -0.2) is 4.98 Å². The average molecular weight is 302 g/mol. The van der Waals surface area contributed by atoms with Crippen LogP contribution in [0.1, 0.15) is 36.9 Å². The Kier molecular flexibility index (Phi) is 8.09. The van der Waals surface area contributed by atoms with Gasteiger partial charge in [0.15, 0.2) is 0 Å². The molecule has 6 heteroatoms. The van der Waals surface area contributed by atoms with Gasteiger partial charge < -0.3 is 10.4 Å². The molecule has 0 saturated carbocycles. The quantitative estimate of drug-likeness (QED) is 0.687. The number of amides is 1. The zero-order valence-corrected chi connectivity index (χ0v) is 13.1. The summed E-state index contributed by atoms with van der Waals surface area (Å²) in [4.78, 5) is 16.0. The highest BCUT2D eigenvalue weighted by Crippen LogP contribution is 2.15. The van der Waals surface area contributed by atoms with Crippen LogP contribution in [0.15, 0.2) is 5.38 Å². The fourth-order valence-corrected chi connectivity index (χ4v) is 3.18. The lowest BCUT2D eigenvalue weighted by Crippen LogP contribution is -2.32. The molecule has 1 unspecified atom stereocenters. The van der Waals surface area contributed by atoms with Crippen LogP contribution in [0, 0.1) is 6.92 Å². The topological polar surface area (TPSA) is 62.2 Å². The number of rotatable bonds is 9. The number of thioether (sulfide) groups is 1. The van der Waals surface area contributed by atoms with Crippen molar-refractivity contribution in [2.75, 3.05) is 12.4 Å². The Morgan fingerprint density at radius 2 is 2.42 bits per heavy atom. The summed E-state index contributed by atoms with van der Waals surface area (Å²) < 4.78 is 0. The summed E-state index contributed by atoms with van der Waals surface area (Å²) >= 11 is 3.40. The summed E-state index contributed by atoms with van der Waals surface area (Å²) in [5, 5.41) is 14.8. The van der Waals surface area contributed by atoms with E-state index < -0.39 is 0 Å². The maximum Gasteiger partial charge on any atom is 0.221 e. The number of carbonyl (C=O) groups is 1. The molecule has 1 amide bonds. The van der Waals surface area contributed by atoms with Crippen LogP contribution in [0.2, 0.25) is 0 Å². The first-order chi connectivity index (χ1) is 9.11. The second-order valence-electron chi connectivity index (χ2n) is 4.49. The average Bonchev–Trinajstić information content (AvgIpc) is 2.78. The fourth-order valence-electron chi connectivity index (χ4n) is 1.63. The van der Waals surface area contributed by atoms with Crippen molar-refractivity contribution in [2.45, 2.75) is 44.9 Å². The van der Waals surface area contributed by atoms with Crippen molar-refractivity contribution in [3.63, 3.8) is 0 Å². The molecule has 19 heavy (non-hydrogen) atoms. The molecule has 0 aliphatic rings. The molecule has 2 N–H and O–H groups in total. The van der Waals surface area contributed by atoms with Gasteiger partial charge in [0.2, 0.25) is 5.91 Å². The van der Waals surface area contributed by atoms with Crippen molar-refractivity contribution >= 4 is 29.0 Å². The van der Waals surface area contributed by atoms with E-state index in [0.717, 1.165) is 35.0 Å². The monoisotopic (exact) mass is 302 g/mol. The minimum Gasteiger partial charge on any atom is -0.396 e. The van der Waals surface area contributed by atoms with Gasteiger partial charge in [-0.3, -0.25) is 4.79 Å². The van der Waals surface area contributed by atoms with E-state index in [1.54, 1.807) is 23.1 Å². The highest BCUT2D eigenvalue weighted by molar-refractivity contribution is 7.98. The van der Waals surface area contributed by atoms with Crippen molar-refractivity contribution in [1.82, 2.24) is 10.3 Å². The van der Waals surface area contributed by atoms with Gasteiger partial charge in [0.25, 0.3) is 0 Å². The zero-order valence-electron chi connectivity index (χ0n) is 11.5. The first-order valence-electron chi connectivity index (χ1n) is 6.50. The number of nitrogens with one attached hydrogen (secondary N) is 1. The van der Waals surface area contributed by atoms with Gasteiger partial charge in [-0.2, -0.15) is 11.8 Å². The molecule has 0 bridgehead atoms. The Morgan fingerprint density at radius 1 is 1.63 bits per heavy atom. The lowest BCUT2D eigenvalue weighted by Gasteiger charge is -2.12. The van der Waals surface area contributed by atoms with E-state index in [-0.39, 0.29) is 18.6 Å².